The van der Waals surface area contributed by atoms with Crippen LogP contribution >= 0.6 is 0 Å². The van der Waals surface area contributed by atoms with Crippen LogP contribution in [-0.4, -0.2) is 55.0 Å². The van der Waals surface area contributed by atoms with E-state index < -0.39 is 0 Å². The van der Waals surface area contributed by atoms with E-state index in [9.17, 15) is 0 Å². The van der Waals surface area contributed by atoms with E-state index in [1.807, 2.05) is 7.05 Å². The topological polar surface area (TPSA) is 44.9 Å². The maximum Gasteiger partial charge on any atom is 0.191 e. The normalized spacial score (nSPS) is 22.4. The SMILES string of the molecule is CCN1CCCC1CN(C)C(N)=NCC(C)C. The summed E-state index contributed by atoms with van der Waals surface area (Å²) in [5.74, 6) is 1.25. The van der Waals surface area contributed by atoms with Crippen molar-refractivity contribution in [1.29, 1.82) is 0 Å². The molecule has 2 N–H and O–H groups in total. The number of guanidine groups is 1. The summed E-state index contributed by atoms with van der Waals surface area (Å²) in [4.78, 5) is 9.05. The molecule has 0 bridgehead atoms. The minimum atomic E-state index is 0.570. The molecule has 0 amide bonds. The number of aliphatic imine (C=N–C) groups is 1. The summed E-state index contributed by atoms with van der Waals surface area (Å²) in [5, 5.41) is 0. The molecule has 0 aromatic heterocycles. The van der Waals surface area contributed by atoms with Crippen molar-refractivity contribution < 1.29 is 0 Å². The Kier molecular flexibility index (Phi) is 5.75. The number of likely N-dealkylation sites (N-methyl/N-ethyl adjacent to an activating group) is 2. The van der Waals surface area contributed by atoms with Crippen molar-refractivity contribution in [2.45, 2.75) is 39.7 Å². The van der Waals surface area contributed by atoms with Crippen molar-refractivity contribution in [2.24, 2.45) is 16.6 Å². The van der Waals surface area contributed by atoms with Crippen molar-refractivity contribution in [3.8, 4) is 0 Å². The molecule has 1 heterocycles. The molecule has 1 aliphatic heterocycles. The summed E-state index contributed by atoms with van der Waals surface area (Å²) in [6, 6.07) is 0.651. The largest absolute Gasteiger partial charge is 0.370 e. The zero-order valence-electron chi connectivity index (χ0n) is 11.8. The van der Waals surface area contributed by atoms with Gasteiger partial charge < -0.3 is 10.6 Å². The van der Waals surface area contributed by atoms with E-state index in [1.54, 1.807) is 0 Å². The Morgan fingerprint density at radius 2 is 2.24 bits per heavy atom. The zero-order chi connectivity index (χ0) is 12.8. The third-order valence-corrected chi connectivity index (χ3v) is 3.40. The van der Waals surface area contributed by atoms with Crippen LogP contribution in [0.3, 0.4) is 0 Å². The Hall–Kier alpha value is -0.770. The maximum absolute atomic E-state index is 5.99. The van der Waals surface area contributed by atoms with Crippen LogP contribution in [0.2, 0.25) is 0 Å². The van der Waals surface area contributed by atoms with E-state index in [0.29, 0.717) is 17.9 Å². The van der Waals surface area contributed by atoms with Gasteiger partial charge in [-0.3, -0.25) is 9.89 Å². The van der Waals surface area contributed by atoms with Crippen LogP contribution in [-0.2, 0) is 0 Å². The summed E-state index contributed by atoms with van der Waals surface area (Å²) >= 11 is 0. The highest BCUT2D eigenvalue weighted by atomic mass is 15.3. The van der Waals surface area contributed by atoms with Gasteiger partial charge in [0.1, 0.15) is 0 Å². The summed E-state index contributed by atoms with van der Waals surface area (Å²) in [7, 11) is 2.05. The van der Waals surface area contributed by atoms with Crippen LogP contribution < -0.4 is 5.73 Å². The molecule has 0 saturated carbocycles. The summed E-state index contributed by atoms with van der Waals surface area (Å²) in [5.41, 5.74) is 5.99. The molecule has 1 unspecified atom stereocenters. The van der Waals surface area contributed by atoms with Gasteiger partial charge in [0.15, 0.2) is 5.96 Å². The van der Waals surface area contributed by atoms with Crippen LogP contribution in [0.25, 0.3) is 0 Å². The fraction of sp³-hybridized carbons (Fsp3) is 0.923. The highest BCUT2D eigenvalue weighted by Gasteiger charge is 2.24. The van der Waals surface area contributed by atoms with Gasteiger partial charge in [0.25, 0.3) is 0 Å². The van der Waals surface area contributed by atoms with Crippen molar-refractivity contribution >= 4 is 5.96 Å². The van der Waals surface area contributed by atoms with Crippen molar-refractivity contribution in [1.82, 2.24) is 9.80 Å². The number of hydrogen-bond donors (Lipinski definition) is 1. The molecule has 4 heteroatoms. The molecular formula is C13H28N4. The second-order valence-electron chi connectivity index (χ2n) is 5.40. The van der Waals surface area contributed by atoms with E-state index in [4.69, 9.17) is 5.73 Å². The van der Waals surface area contributed by atoms with Crippen LogP contribution in [0.5, 0.6) is 0 Å². The third-order valence-electron chi connectivity index (χ3n) is 3.40. The van der Waals surface area contributed by atoms with Gasteiger partial charge in [-0.25, -0.2) is 0 Å². The van der Waals surface area contributed by atoms with E-state index in [-0.39, 0.29) is 0 Å². The van der Waals surface area contributed by atoms with Crippen LogP contribution in [0.4, 0.5) is 0 Å². The molecule has 1 fully saturated rings. The molecule has 0 spiro atoms. The monoisotopic (exact) mass is 240 g/mol. The number of rotatable bonds is 5. The van der Waals surface area contributed by atoms with Gasteiger partial charge in [-0.2, -0.15) is 0 Å². The average molecular weight is 240 g/mol. The van der Waals surface area contributed by atoms with Crippen LogP contribution in [0.1, 0.15) is 33.6 Å². The highest BCUT2D eigenvalue weighted by molar-refractivity contribution is 5.77. The average Bonchev–Trinajstić information content (AvgIpc) is 2.72. The molecule has 1 rings (SSSR count). The Morgan fingerprint density at radius 3 is 2.82 bits per heavy atom. The molecule has 0 radical (unpaired) electrons. The number of nitrogens with zero attached hydrogens (tertiary/aromatic N) is 3. The second-order valence-corrected chi connectivity index (χ2v) is 5.40. The minimum absolute atomic E-state index is 0.570. The van der Waals surface area contributed by atoms with Gasteiger partial charge in [-0.05, 0) is 31.8 Å². The molecule has 100 valence electrons. The highest BCUT2D eigenvalue weighted by Crippen LogP contribution is 2.17. The maximum atomic E-state index is 5.99. The second kappa shape index (κ2) is 6.84. The number of hydrogen-bond acceptors (Lipinski definition) is 2. The molecular weight excluding hydrogens is 212 g/mol. The first-order valence-electron chi connectivity index (χ1n) is 6.79. The molecule has 0 aliphatic carbocycles. The standard InChI is InChI=1S/C13H28N4/c1-5-17-8-6-7-12(17)10-16(4)13(14)15-9-11(2)3/h11-12H,5-10H2,1-4H3,(H2,14,15). The Bertz CT molecular complexity index is 250. The fourth-order valence-corrected chi connectivity index (χ4v) is 2.32. The minimum Gasteiger partial charge on any atom is -0.370 e. The molecule has 0 aromatic carbocycles. The molecule has 0 aromatic rings. The fourth-order valence-electron chi connectivity index (χ4n) is 2.32. The Balaban J connectivity index is 2.42. The van der Waals surface area contributed by atoms with E-state index in [1.165, 1.54) is 19.4 Å². The van der Waals surface area contributed by atoms with E-state index in [0.717, 1.165) is 19.6 Å². The van der Waals surface area contributed by atoms with Gasteiger partial charge in [0, 0.05) is 26.2 Å². The Labute approximate surface area is 106 Å². The summed E-state index contributed by atoms with van der Waals surface area (Å²) < 4.78 is 0. The molecule has 1 saturated heterocycles. The van der Waals surface area contributed by atoms with Crippen LogP contribution in [0.15, 0.2) is 4.99 Å². The smallest absolute Gasteiger partial charge is 0.191 e. The van der Waals surface area contributed by atoms with Crippen LogP contribution in [0, 0.1) is 5.92 Å². The van der Waals surface area contributed by atoms with E-state index >= 15 is 0 Å². The number of likely N-dealkylation sites (tertiary alicyclic amines) is 1. The summed E-state index contributed by atoms with van der Waals surface area (Å²) in [6.45, 7) is 10.7. The predicted octanol–water partition coefficient (Wildman–Crippen LogP) is 1.37. The van der Waals surface area contributed by atoms with E-state index in [2.05, 4.69) is 35.6 Å². The predicted molar refractivity (Wildman–Crippen MR) is 74.2 cm³/mol. The molecule has 4 nitrogen and oxygen atoms in total. The first kappa shape index (κ1) is 14.3. The lowest BCUT2D eigenvalue weighted by Gasteiger charge is -2.28. The van der Waals surface area contributed by atoms with Crippen molar-refractivity contribution in [3.63, 3.8) is 0 Å². The van der Waals surface area contributed by atoms with Crippen molar-refractivity contribution in [2.75, 3.05) is 33.2 Å². The van der Waals surface area contributed by atoms with Gasteiger partial charge in [-0.1, -0.05) is 20.8 Å². The Morgan fingerprint density at radius 1 is 1.53 bits per heavy atom. The van der Waals surface area contributed by atoms with Gasteiger partial charge in [-0.15, -0.1) is 0 Å². The lowest BCUT2D eigenvalue weighted by molar-refractivity contribution is 0.234. The lowest BCUT2D eigenvalue weighted by Crippen LogP contribution is -2.44. The first-order chi connectivity index (χ1) is 8.04. The molecule has 1 aliphatic rings. The molecule has 1 atom stereocenters. The van der Waals surface area contributed by atoms with Gasteiger partial charge in [0.2, 0.25) is 0 Å². The van der Waals surface area contributed by atoms with Gasteiger partial charge >= 0.3 is 0 Å². The van der Waals surface area contributed by atoms with Gasteiger partial charge in [0.05, 0.1) is 0 Å². The summed E-state index contributed by atoms with van der Waals surface area (Å²) in [6.07, 6.45) is 2.60. The molecule has 17 heavy (non-hydrogen) atoms. The number of nitrogens with two attached hydrogens (primary N) is 1. The van der Waals surface area contributed by atoms with Crippen molar-refractivity contribution in [3.05, 3.63) is 0 Å². The zero-order valence-corrected chi connectivity index (χ0v) is 11.8. The quantitative estimate of drug-likeness (QED) is 0.583. The third kappa shape index (κ3) is 4.54. The lowest BCUT2D eigenvalue weighted by atomic mass is 10.2. The first-order valence-corrected chi connectivity index (χ1v) is 6.79.